The zero-order valence-corrected chi connectivity index (χ0v) is 16.1. The highest BCUT2D eigenvalue weighted by molar-refractivity contribution is 5.85. The molecule has 2 fully saturated rings. The molecule has 0 atom stereocenters. The maximum atomic E-state index is 12.1. The number of nitrogens with zero attached hydrogens (tertiary/aromatic N) is 3. The number of piperazine rings is 1. The van der Waals surface area contributed by atoms with Crippen molar-refractivity contribution in [2.75, 3.05) is 32.7 Å². The van der Waals surface area contributed by atoms with Gasteiger partial charge in [-0.05, 0) is 33.6 Å². The summed E-state index contributed by atoms with van der Waals surface area (Å²) >= 11 is 0. The molecule has 0 aliphatic carbocycles. The summed E-state index contributed by atoms with van der Waals surface area (Å²) in [7, 11) is 0. The maximum absolute atomic E-state index is 12.1. The zero-order chi connectivity index (χ0) is 17.9. The van der Waals surface area contributed by atoms with Crippen LogP contribution < -0.4 is 0 Å². The minimum Gasteiger partial charge on any atom is -0.444 e. The smallest absolute Gasteiger partial charge is 0.410 e. The SMILES string of the molecule is CC(=O)ON1CCN(C2CCN(C(=O)OC(C)(C)C)CC2)CC1=O.Cl. The molecule has 2 heterocycles. The summed E-state index contributed by atoms with van der Waals surface area (Å²) in [5.74, 6) is -0.687. The number of hydrogen-bond donors (Lipinski definition) is 0. The van der Waals surface area contributed by atoms with Crippen LogP contribution in [0.2, 0.25) is 0 Å². The summed E-state index contributed by atoms with van der Waals surface area (Å²) in [6.45, 7) is 9.37. The van der Waals surface area contributed by atoms with Crippen molar-refractivity contribution >= 4 is 30.4 Å². The first kappa shape index (κ1) is 21.5. The van der Waals surface area contributed by atoms with Crippen molar-refractivity contribution in [2.24, 2.45) is 0 Å². The number of rotatable bonds is 2. The number of amides is 2. The maximum Gasteiger partial charge on any atom is 0.410 e. The Kier molecular flexibility index (Phi) is 7.49. The molecule has 0 N–H and O–H groups in total. The second-order valence-corrected chi connectivity index (χ2v) is 7.25. The van der Waals surface area contributed by atoms with Gasteiger partial charge in [0.25, 0.3) is 5.91 Å². The van der Waals surface area contributed by atoms with Gasteiger partial charge in [-0.25, -0.2) is 4.79 Å². The van der Waals surface area contributed by atoms with Crippen LogP contribution >= 0.6 is 12.4 Å². The largest absolute Gasteiger partial charge is 0.444 e. The van der Waals surface area contributed by atoms with E-state index in [1.807, 2.05) is 20.8 Å². The standard InChI is InChI=1S/C16H27N3O5.ClH/c1-12(20)24-19-10-9-18(11-14(19)21)13-5-7-17(8-6-13)15(22)23-16(2,3)4;/h13H,5-11H2,1-4H3;1H. The molecule has 25 heavy (non-hydrogen) atoms. The monoisotopic (exact) mass is 377 g/mol. The van der Waals surface area contributed by atoms with Gasteiger partial charge in [0.05, 0.1) is 13.1 Å². The lowest BCUT2D eigenvalue weighted by Crippen LogP contribution is -2.56. The van der Waals surface area contributed by atoms with Gasteiger partial charge in [-0.3, -0.25) is 14.5 Å². The van der Waals surface area contributed by atoms with E-state index in [9.17, 15) is 14.4 Å². The van der Waals surface area contributed by atoms with Gasteiger partial charge < -0.3 is 14.5 Å². The third-order valence-electron chi connectivity index (χ3n) is 4.08. The van der Waals surface area contributed by atoms with E-state index in [0.29, 0.717) is 26.2 Å². The molecule has 2 rings (SSSR count). The normalized spacial score (nSPS) is 20.1. The summed E-state index contributed by atoms with van der Waals surface area (Å²) in [4.78, 5) is 43.8. The molecule has 2 amide bonds. The van der Waals surface area contributed by atoms with Gasteiger partial charge in [-0.15, -0.1) is 12.4 Å². The van der Waals surface area contributed by atoms with Crippen LogP contribution in [0.25, 0.3) is 0 Å². The molecule has 0 bridgehead atoms. The minimum absolute atomic E-state index is 0. The first-order valence-corrected chi connectivity index (χ1v) is 8.36. The number of halogens is 1. The molecule has 9 heteroatoms. The molecule has 2 aliphatic rings. The third kappa shape index (κ3) is 6.36. The van der Waals surface area contributed by atoms with Gasteiger partial charge >= 0.3 is 12.1 Å². The van der Waals surface area contributed by atoms with E-state index >= 15 is 0 Å². The number of carbonyl (C=O) groups is 3. The van der Waals surface area contributed by atoms with Crippen LogP contribution in [0.1, 0.15) is 40.5 Å². The highest BCUT2D eigenvalue weighted by atomic mass is 35.5. The predicted octanol–water partition coefficient (Wildman–Crippen LogP) is 1.43. The molecule has 144 valence electrons. The van der Waals surface area contributed by atoms with Crippen molar-refractivity contribution in [3.05, 3.63) is 0 Å². The topological polar surface area (TPSA) is 79.4 Å². The van der Waals surface area contributed by atoms with Crippen molar-refractivity contribution in [1.82, 2.24) is 14.9 Å². The van der Waals surface area contributed by atoms with Gasteiger partial charge in [0.15, 0.2) is 0 Å². The molecule has 0 saturated carbocycles. The lowest BCUT2D eigenvalue weighted by molar-refractivity contribution is -0.203. The van der Waals surface area contributed by atoms with E-state index in [0.717, 1.165) is 17.9 Å². The van der Waals surface area contributed by atoms with Crippen LogP contribution in [0.5, 0.6) is 0 Å². The van der Waals surface area contributed by atoms with Crippen LogP contribution in [0.3, 0.4) is 0 Å². The Labute approximate surface area is 154 Å². The van der Waals surface area contributed by atoms with E-state index in [2.05, 4.69) is 4.90 Å². The summed E-state index contributed by atoms with van der Waals surface area (Å²) in [6.07, 6.45) is 1.33. The number of hydroxylamine groups is 2. The first-order valence-electron chi connectivity index (χ1n) is 8.36. The average Bonchev–Trinajstić information content (AvgIpc) is 2.47. The fourth-order valence-electron chi connectivity index (χ4n) is 2.98. The van der Waals surface area contributed by atoms with Crippen LogP contribution in [0.4, 0.5) is 4.79 Å². The zero-order valence-electron chi connectivity index (χ0n) is 15.3. The molecule has 2 saturated heterocycles. The number of likely N-dealkylation sites (tertiary alicyclic amines) is 1. The van der Waals surface area contributed by atoms with Crippen LogP contribution in [-0.4, -0.2) is 77.2 Å². The Bertz CT molecular complexity index is 500. The summed E-state index contributed by atoms with van der Waals surface area (Å²) in [5, 5.41) is 1.13. The molecule has 0 spiro atoms. The van der Waals surface area contributed by atoms with Gasteiger partial charge in [-0.2, -0.15) is 5.06 Å². The molecule has 0 aromatic heterocycles. The Morgan fingerprint density at radius 3 is 2.16 bits per heavy atom. The van der Waals surface area contributed by atoms with Crippen molar-refractivity contribution in [3.8, 4) is 0 Å². The van der Waals surface area contributed by atoms with Gasteiger partial charge in [0.2, 0.25) is 0 Å². The molecular weight excluding hydrogens is 350 g/mol. The Morgan fingerprint density at radius 2 is 1.68 bits per heavy atom. The van der Waals surface area contributed by atoms with E-state index < -0.39 is 11.6 Å². The molecule has 2 aliphatic heterocycles. The molecular formula is C16H28ClN3O5. The highest BCUT2D eigenvalue weighted by Crippen LogP contribution is 2.20. The molecule has 0 unspecified atom stereocenters. The van der Waals surface area contributed by atoms with E-state index in [1.165, 1.54) is 6.92 Å². The van der Waals surface area contributed by atoms with Crippen LogP contribution in [0.15, 0.2) is 0 Å². The van der Waals surface area contributed by atoms with Gasteiger partial charge in [0, 0.05) is 32.6 Å². The number of piperidine rings is 1. The molecule has 0 radical (unpaired) electrons. The van der Waals surface area contributed by atoms with Crippen molar-refractivity contribution in [2.45, 2.75) is 52.2 Å². The Morgan fingerprint density at radius 1 is 1.08 bits per heavy atom. The first-order chi connectivity index (χ1) is 11.2. The number of hydrogen-bond acceptors (Lipinski definition) is 6. The second kappa shape index (κ2) is 8.71. The van der Waals surface area contributed by atoms with E-state index in [-0.39, 0.29) is 37.0 Å². The summed E-state index contributed by atoms with van der Waals surface area (Å²) in [5.41, 5.74) is -0.493. The lowest BCUT2D eigenvalue weighted by Gasteiger charge is -2.41. The van der Waals surface area contributed by atoms with E-state index in [1.54, 1.807) is 4.90 Å². The molecule has 8 nitrogen and oxygen atoms in total. The highest BCUT2D eigenvalue weighted by Gasteiger charge is 2.34. The lowest BCUT2D eigenvalue weighted by atomic mass is 10.0. The van der Waals surface area contributed by atoms with Crippen molar-refractivity contribution in [1.29, 1.82) is 0 Å². The van der Waals surface area contributed by atoms with Gasteiger partial charge in [0.1, 0.15) is 5.60 Å². The number of carbonyl (C=O) groups excluding carboxylic acids is 3. The minimum atomic E-state index is -0.493. The number of ether oxygens (including phenoxy) is 1. The molecule has 0 aromatic carbocycles. The second-order valence-electron chi connectivity index (χ2n) is 7.25. The van der Waals surface area contributed by atoms with Crippen molar-refractivity contribution in [3.63, 3.8) is 0 Å². The average molecular weight is 378 g/mol. The third-order valence-corrected chi connectivity index (χ3v) is 4.08. The van der Waals surface area contributed by atoms with Crippen LogP contribution in [-0.2, 0) is 19.2 Å². The molecule has 0 aromatic rings. The quantitative estimate of drug-likeness (QED) is 0.724. The van der Waals surface area contributed by atoms with E-state index in [4.69, 9.17) is 9.57 Å². The summed E-state index contributed by atoms with van der Waals surface area (Å²) in [6, 6.07) is 0.257. The predicted molar refractivity (Wildman–Crippen MR) is 93.1 cm³/mol. The Balaban J connectivity index is 0.00000312. The van der Waals surface area contributed by atoms with Crippen molar-refractivity contribution < 1.29 is 24.0 Å². The fraction of sp³-hybridized carbons (Fsp3) is 0.812. The fourth-order valence-corrected chi connectivity index (χ4v) is 2.98. The van der Waals surface area contributed by atoms with Crippen LogP contribution in [0, 0.1) is 0 Å². The van der Waals surface area contributed by atoms with Gasteiger partial charge in [-0.1, -0.05) is 0 Å². The summed E-state index contributed by atoms with van der Waals surface area (Å²) < 4.78 is 5.39. The Hall–Kier alpha value is -1.54.